The lowest BCUT2D eigenvalue weighted by Gasteiger charge is -2.10. The Morgan fingerprint density at radius 3 is 2.88 bits per heavy atom. The van der Waals surface area contributed by atoms with Crippen LogP contribution in [0, 0.1) is 0 Å². The van der Waals surface area contributed by atoms with E-state index in [4.69, 9.17) is 4.74 Å². The molecule has 4 rings (SSSR count). The average molecular weight is 492 g/mol. The summed E-state index contributed by atoms with van der Waals surface area (Å²) in [5.41, 5.74) is 2.37. The van der Waals surface area contributed by atoms with E-state index in [9.17, 15) is 4.79 Å². The quantitative estimate of drug-likeness (QED) is 0.393. The second kappa shape index (κ2) is 6.98. The van der Waals surface area contributed by atoms with Crippen LogP contribution in [0.15, 0.2) is 62.8 Å². The molecule has 0 saturated heterocycles. The molecule has 0 N–H and O–H groups in total. The molecule has 0 aliphatic rings. The highest BCUT2D eigenvalue weighted by molar-refractivity contribution is 9.11. The first kappa shape index (κ1) is 17.5. The molecule has 0 bridgehead atoms. The van der Waals surface area contributed by atoms with E-state index in [-0.39, 0.29) is 5.56 Å². The molecule has 2 aromatic carbocycles. The summed E-state index contributed by atoms with van der Waals surface area (Å²) < 4.78 is 9.73. The van der Waals surface area contributed by atoms with Crippen molar-refractivity contribution in [2.24, 2.45) is 0 Å². The zero-order valence-electron chi connectivity index (χ0n) is 13.4. The normalized spacial score (nSPS) is 12.2. The van der Waals surface area contributed by atoms with Gasteiger partial charge in [0.1, 0.15) is 12.4 Å². The second-order valence-electron chi connectivity index (χ2n) is 5.54. The van der Waals surface area contributed by atoms with E-state index in [1.807, 2.05) is 42.5 Å². The number of hydrogen-bond acceptors (Lipinski definition) is 4. The van der Waals surface area contributed by atoms with Gasteiger partial charge in [-0.25, -0.2) is 9.38 Å². The molecule has 0 radical (unpaired) electrons. The van der Waals surface area contributed by atoms with Crippen LogP contribution in [-0.4, -0.2) is 16.0 Å². The molecule has 0 spiro atoms. The summed E-state index contributed by atoms with van der Waals surface area (Å²) in [6.45, 7) is 4.06. The lowest BCUT2D eigenvalue weighted by Crippen LogP contribution is -2.22. The zero-order valence-corrected chi connectivity index (χ0v) is 17.4. The molecule has 0 unspecified atom stereocenters. The Balaban J connectivity index is 1.96. The van der Waals surface area contributed by atoms with E-state index in [0.29, 0.717) is 21.8 Å². The van der Waals surface area contributed by atoms with Gasteiger partial charge in [0.2, 0.25) is 0 Å². The molecule has 0 fully saturated rings. The van der Waals surface area contributed by atoms with Crippen LogP contribution in [0.5, 0.6) is 5.75 Å². The van der Waals surface area contributed by atoms with Gasteiger partial charge < -0.3 is 4.74 Å². The number of nitrogens with zero attached hydrogens (tertiary/aromatic N) is 2. The summed E-state index contributed by atoms with van der Waals surface area (Å²) in [6, 6.07) is 11.5. The van der Waals surface area contributed by atoms with Crippen LogP contribution >= 0.6 is 43.2 Å². The molecule has 130 valence electrons. The summed E-state index contributed by atoms with van der Waals surface area (Å²) in [6.07, 6.45) is 3.52. The maximum atomic E-state index is 12.9. The second-order valence-corrected chi connectivity index (χ2v) is 8.32. The number of halogens is 2. The first-order valence-corrected chi connectivity index (χ1v) is 10.1. The highest BCUT2D eigenvalue weighted by atomic mass is 79.9. The minimum Gasteiger partial charge on any atom is -0.488 e. The highest BCUT2D eigenvalue weighted by Crippen LogP contribution is 2.33. The number of fused-ring (bicyclic) bond motifs is 3. The molecule has 4 aromatic rings. The van der Waals surface area contributed by atoms with Crippen molar-refractivity contribution in [3.8, 4) is 5.75 Å². The van der Waals surface area contributed by atoms with Crippen LogP contribution in [0.2, 0.25) is 0 Å². The topological polar surface area (TPSA) is 43.6 Å². The Morgan fingerprint density at radius 1 is 1.27 bits per heavy atom. The van der Waals surface area contributed by atoms with Crippen molar-refractivity contribution in [2.45, 2.75) is 0 Å². The maximum Gasteiger partial charge on any atom is 0.274 e. The largest absolute Gasteiger partial charge is 0.488 e. The summed E-state index contributed by atoms with van der Waals surface area (Å²) in [4.78, 5) is 18.2. The third-order valence-electron chi connectivity index (χ3n) is 3.81. The van der Waals surface area contributed by atoms with Crippen LogP contribution in [0.3, 0.4) is 0 Å². The third kappa shape index (κ3) is 3.00. The number of aromatic nitrogens is 2. The smallest absolute Gasteiger partial charge is 0.274 e. The molecular weight excluding hydrogens is 480 g/mol. The van der Waals surface area contributed by atoms with Crippen molar-refractivity contribution in [3.63, 3.8) is 0 Å². The zero-order chi connectivity index (χ0) is 18.3. The molecule has 0 aliphatic carbocycles. The SMILES string of the molecule is C=CCOc1c(Br)cc(Br)cc1/C=c1/sc2nc3ccccc3n2c1=O. The lowest BCUT2D eigenvalue weighted by atomic mass is 10.2. The maximum absolute atomic E-state index is 12.9. The molecule has 26 heavy (non-hydrogen) atoms. The number of imidazole rings is 1. The van der Waals surface area contributed by atoms with Crippen molar-refractivity contribution < 1.29 is 4.74 Å². The third-order valence-corrected chi connectivity index (χ3v) is 5.83. The van der Waals surface area contributed by atoms with Gasteiger partial charge in [-0.3, -0.25) is 4.79 Å². The van der Waals surface area contributed by atoms with Gasteiger partial charge >= 0.3 is 0 Å². The molecule has 0 aliphatic heterocycles. The number of para-hydroxylation sites is 2. The van der Waals surface area contributed by atoms with Crippen molar-refractivity contribution in [1.29, 1.82) is 0 Å². The molecule has 4 nitrogen and oxygen atoms in total. The Hall–Kier alpha value is -1.96. The molecule has 0 saturated carbocycles. The minimum atomic E-state index is -0.0792. The number of thiazole rings is 1. The fourth-order valence-electron chi connectivity index (χ4n) is 2.74. The standard InChI is InChI=1S/C19H12Br2N2O2S/c1-2-7-25-17-11(8-12(20)10-13(17)21)9-16-18(24)23-15-6-4-3-5-14(15)22-19(23)26-16/h2-6,8-10H,1,7H2/b16-9+. The Labute approximate surface area is 169 Å². The van der Waals surface area contributed by atoms with Crippen molar-refractivity contribution in [2.75, 3.05) is 6.61 Å². The summed E-state index contributed by atoms with van der Waals surface area (Å²) in [5.74, 6) is 0.670. The number of hydrogen-bond donors (Lipinski definition) is 0. The molecule has 0 atom stereocenters. The van der Waals surface area contributed by atoms with E-state index in [2.05, 4.69) is 43.4 Å². The minimum absolute atomic E-state index is 0.0792. The van der Waals surface area contributed by atoms with Crippen molar-refractivity contribution in [1.82, 2.24) is 9.38 Å². The summed E-state index contributed by atoms with van der Waals surface area (Å²) >= 11 is 8.37. The fraction of sp³-hybridized carbons (Fsp3) is 0.0526. The van der Waals surface area contributed by atoms with Gasteiger partial charge in [-0.2, -0.15) is 0 Å². The van der Waals surface area contributed by atoms with Gasteiger partial charge in [0, 0.05) is 10.0 Å². The lowest BCUT2D eigenvalue weighted by molar-refractivity contribution is 0.360. The van der Waals surface area contributed by atoms with Crippen LogP contribution < -0.4 is 14.8 Å². The van der Waals surface area contributed by atoms with Crippen LogP contribution in [0.4, 0.5) is 0 Å². The van der Waals surface area contributed by atoms with Crippen LogP contribution in [0.25, 0.3) is 22.1 Å². The average Bonchev–Trinajstić information content (AvgIpc) is 3.11. The van der Waals surface area contributed by atoms with Gasteiger partial charge in [-0.15, -0.1) is 0 Å². The van der Waals surface area contributed by atoms with Crippen LogP contribution in [-0.2, 0) is 0 Å². The molecule has 7 heteroatoms. The Morgan fingerprint density at radius 2 is 2.08 bits per heavy atom. The molecule has 2 aromatic heterocycles. The van der Waals surface area contributed by atoms with E-state index >= 15 is 0 Å². The van der Waals surface area contributed by atoms with Gasteiger partial charge in [0.05, 0.1) is 20.0 Å². The number of rotatable bonds is 4. The molecule has 2 heterocycles. The summed E-state index contributed by atoms with van der Waals surface area (Å²) in [7, 11) is 0. The fourth-order valence-corrected chi connectivity index (χ4v) is 5.09. The van der Waals surface area contributed by atoms with E-state index in [1.165, 1.54) is 11.3 Å². The van der Waals surface area contributed by atoms with Gasteiger partial charge in [-0.05, 0) is 46.3 Å². The van der Waals surface area contributed by atoms with Gasteiger partial charge in [0.15, 0.2) is 4.96 Å². The highest BCUT2D eigenvalue weighted by Gasteiger charge is 2.13. The number of ether oxygens (including phenoxy) is 1. The van der Waals surface area contributed by atoms with Gasteiger partial charge in [-0.1, -0.05) is 52.1 Å². The first-order chi connectivity index (χ1) is 12.6. The van der Waals surface area contributed by atoms with Gasteiger partial charge in [0.25, 0.3) is 5.56 Å². The number of benzene rings is 2. The summed E-state index contributed by atoms with van der Waals surface area (Å²) in [5, 5.41) is 0. The van der Waals surface area contributed by atoms with Crippen molar-refractivity contribution >= 4 is 65.3 Å². The van der Waals surface area contributed by atoms with E-state index in [0.717, 1.165) is 25.5 Å². The van der Waals surface area contributed by atoms with Crippen LogP contribution in [0.1, 0.15) is 5.56 Å². The van der Waals surface area contributed by atoms with Crippen molar-refractivity contribution in [3.05, 3.63) is 78.4 Å². The first-order valence-electron chi connectivity index (χ1n) is 7.73. The monoisotopic (exact) mass is 490 g/mol. The predicted molar refractivity (Wildman–Crippen MR) is 113 cm³/mol. The van der Waals surface area contributed by atoms with E-state index in [1.54, 1.807) is 10.5 Å². The molecular formula is C19H12Br2N2O2S. The Bertz CT molecular complexity index is 1260. The van der Waals surface area contributed by atoms with E-state index < -0.39 is 0 Å². The predicted octanol–water partition coefficient (Wildman–Crippen LogP) is 4.55. The Kier molecular flexibility index (Phi) is 4.69. The molecule has 0 amide bonds.